The highest BCUT2D eigenvalue weighted by molar-refractivity contribution is 5.87. The first kappa shape index (κ1) is 17.5. The summed E-state index contributed by atoms with van der Waals surface area (Å²) in [6, 6.07) is 6.27. The summed E-state index contributed by atoms with van der Waals surface area (Å²) in [5.41, 5.74) is 2.72. The summed E-state index contributed by atoms with van der Waals surface area (Å²) in [5, 5.41) is 16.1. The van der Waals surface area contributed by atoms with Gasteiger partial charge in [-0.1, -0.05) is 19.1 Å². The van der Waals surface area contributed by atoms with Gasteiger partial charge < -0.3 is 15.2 Å². The van der Waals surface area contributed by atoms with Gasteiger partial charge in [0.1, 0.15) is 0 Å². The van der Waals surface area contributed by atoms with Crippen LogP contribution in [0.4, 0.5) is 0 Å². The van der Waals surface area contributed by atoms with Crippen LogP contribution < -0.4 is 10.1 Å². The summed E-state index contributed by atoms with van der Waals surface area (Å²) in [5.74, 6) is -0.495. The van der Waals surface area contributed by atoms with E-state index < -0.39 is 5.97 Å². The van der Waals surface area contributed by atoms with Crippen LogP contribution >= 0.6 is 0 Å². The van der Waals surface area contributed by atoms with Crippen molar-refractivity contribution in [1.82, 2.24) is 15.1 Å². The number of nitrogens with zero attached hydrogens (tertiary/aromatic N) is 2. The second-order valence-electron chi connectivity index (χ2n) is 5.37. The molecule has 0 fully saturated rings. The fourth-order valence-corrected chi connectivity index (χ4v) is 2.52. The number of benzene rings is 1. The standard InChI is InChI=1S/C17H21N3O4/c1-4-14-13(16(24-3)20(2)19-14)10-18-15(21)9-11-5-7-12(8-6-11)17(22)23/h5-8H,4,9-10H2,1-3H3,(H,18,21)(H,22,23). The fraction of sp³-hybridized carbons (Fsp3) is 0.353. The Kier molecular flexibility index (Phi) is 5.57. The Morgan fingerprint density at radius 1 is 1.29 bits per heavy atom. The first-order valence-corrected chi connectivity index (χ1v) is 7.63. The number of aromatic nitrogens is 2. The molecule has 0 unspecified atom stereocenters. The van der Waals surface area contributed by atoms with Gasteiger partial charge in [0.15, 0.2) is 0 Å². The van der Waals surface area contributed by atoms with Gasteiger partial charge in [-0.05, 0) is 24.1 Å². The predicted molar refractivity (Wildman–Crippen MR) is 88.1 cm³/mol. The number of aromatic carboxylic acids is 1. The molecule has 0 bridgehead atoms. The molecule has 1 amide bonds. The van der Waals surface area contributed by atoms with Crippen LogP contribution in [0.1, 0.15) is 34.1 Å². The van der Waals surface area contributed by atoms with E-state index in [2.05, 4.69) is 10.4 Å². The molecule has 2 aromatic rings. The number of hydrogen-bond acceptors (Lipinski definition) is 4. The number of nitrogens with one attached hydrogen (secondary N) is 1. The molecule has 1 aromatic carbocycles. The van der Waals surface area contributed by atoms with Gasteiger partial charge in [-0.25, -0.2) is 9.48 Å². The van der Waals surface area contributed by atoms with E-state index in [9.17, 15) is 9.59 Å². The molecule has 0 atom stereocenters. The molecule has 7 nitrogen and oxygen atoms in total. The Morgan fingerprint density at radius 3 is 2.50 bits per heavy atom. The maximum atomic E-state index is 12.1. The van der Waals surface area contributed by atoms with E-state index in [1.165, 1.54) is 12.1 Å². The number of rotatable bonds is 7. The van der Waals surface area contributed by atoms with E-state index in [0.29, 0.717) is 12.4 Å². The molecular weight excluding hydrogens is 310 g/mol. The van der Waals surface area contributed by atoms with Crippen LogP contribution in [-0.4, -0.2) is 33.9 Å². The van der Waals surface area contributed by atoms with Gasteiger partial charge in [0.05, 0.1) is 30.4 Å². The van der Waals surface area contributed by atoms with E-state index >= 15 is 0 Å². The zero-order chi connectivity index (χ0) is 17.7. The summed E-state index contributed by atoms with van der Waals surface area (Å²) < 4.78 is 7.00. The Hall–Kier alpha value is -2.83. The average molecular weight is 331 g/mol. The third-order valence-electron chi connectivity index (χ3n) is 3.73. The van der Waals surface area contributed by atoms with Crippen LogP contribution in [0.3, 0.4) is 0 Å². The first-order valence-electron chi connectivity index (χ1n) is 7.63. The summed E-state index contributed by atoms with van der Waals surface area (Å²) >= 11 is 0. The molecule has 0 saturated carbocycles. The summed E-state index contributed by atoms with van der Waals surface area (Å²) in [4.78, 5) is 22.9. The smallest absolute Gasteiger partial charge is 0.335 e. The maximum absolute atomic E-state index is 12.1. The zero-order valence-corrected chi connectivity index (χ0v) is 14.0. The second kappa shape index (κ2) is 7.63. The summed E-state index contributed by atoms with van der Waals surface area (Å²) in [6.45, 7) is 2.34. The van der Waals surface area contributed by atoms with Crippen molar-refractivity contribution in [2.45, 2.75) is 26.3 Å². The molecule has 0 aliphatic rings. The number of carboxylic acids is 1. The largest absolute Gasteiger partial charge is 0.481 e. The van der Waals surface area contributed by atoms with Crippen LogP contribution in [0, 0.1) is 0 Å². The lowest BCUT2D eigenvalue weighted by Gasteiger charge is -2.08. The quantitative estimate of drug-likeness (QED) is 0.803. The fourth-order valence-electron chi connectivity index (χ4n) is 2.52. The van der Waals surface area contributed by atoms with Crippen molar-refractivity contribution < 1.29 is 19.4 Å². The van der Waals surface area contributed by atoms with Crippen LogP contribution in [0.25, 0.3) is 0 Å². The molecule has 0 aliphatic heterocycles. The van der Waals surface area contributed by atoms with Crippen molar-refractivity contribution >= 4 is 11.9 Å². The van der Waals surface area contributed by atoms with Gasteiger partial charge in [0.25, 0.3) is 0 Å². The van der Waals surface area contributed by atoms with Crippen LogP contribution in [-0.2, 0) is 31.2 Å². The highest BCUT2D eigenvalue weighted by Gasteiger charge is 2.16. The number of methoxy groups -OCH3 is 1. The predicted octanol–water partition coefficient (Wildman–Crippen LogP) is 1.55. The lowest BCUT2D eigenvalue weighted by molar-refractivity contribution is -0.120. The Bertz CT molecular complexity index is 735. The van der Waals surface area contributed by atoms with E-state index in [0.717, 1.165) is 23.2 Å². The summed E-state index contributed by atoms with van der Waals surface area (Å²) in [7, 11) is 3.37. The number of carbonyl (C=O) groups is 2. The van der Waals surface area contributed by atoms with Crippen molar-refractivity contribution in [3.05, 3.63) is 46.6 Å². The van der Waals surface area contributed by atoms with Gasteiger partial charge in [0, 0.05) is 13.6 Å². The highest BCUT2D eigenvalue weighted by Crippen LogP contribution is 2.21. The van der Waals surface area contributed by atoms with Crippen molar-refractivity contribution in [2.75, 3.05) is 7.11 Å². The molecule has 128 valence electrons. The SMILES string of the molecule is CCc1nn(C)c(OC)c1CNC(=O)Cc1ccc(C(=O)O)cc1. The van der Waals surface area contributed by atoms with Gasteiger partial charge in [-0.15, -0.1) is 0 Å². The number of ether oxygens (including phenoxy) is 1. The monoisotopic (exact) mass is 331 g/mol. The number of carbonyl (C=O) groups excluding carboxylic acids is 1. The van der Waals surface area contributed by atoms with Gasteiger partial charge in [-0.2, -0.15) is 5.10 Å². The molecule has 0 aliphatic carbocycles. The molecule has 1 heterocycles. The molecular formula is C17H21N3O4. The molecule has 2 N–H and O–H groups in total. The number of hydrogen-bond donors (Lipinski definition) is 2. The van der Waals surface area contributed by atoms with Crippen molar-refractivity contribution in [3.8, 4) is 5.88 Å². The Labute approximate surface area is 140 Å². The molecule has 0 saturated heterocycles. The van der Waals surface area contributed by atoms with Crippen molar-refractivity contribution in [3.63, 3.8) is 0 Å². The highest BCUT2D eigenvalue weighted by atomic mass is 16.5. The van der Waals surface area contributed by atoms with Crippen molar-refractivity contribution in [1.29, 1.82) is 0 Å². The topological polar surface area (TPSA) is 93.5 Å². The average Bonchev–Trinajstić information content (AvgIpc) is 2.88. The van der Waals surface area contributed by atoms with E-state index in [4.69, 9.17) is 9.84 Å². The van der Waals surface area contributed by atoms with E-state index in [1.807, 2.05) is 6.92 Å². The van der Waals surface area contributed by atoms with Crippen LogP contribution in [0.2, 0.25) is 0 Å². The lowest BCUT2D eigenvalue weighted by Crippen LogP contribution is -2.25. The van der Waals surface area contributed by atoms with E-state index in [1.54, 1.807) is 31.0 Å². The molecule has 1 aromatic heterocycles. The second-order valence-corrected chi connectivity index (χ2v) is 5.37. The molecule has 0 spiro atoms. The lowest BCUT2D eigenvalue weighted by atomic mass is 10.1. The third-order valence-corrected chi connectivity index (χ3v) is 3.73. The Balaban J connectivity index is 1.99. The van der Waals surface area contributed by atoms with Gasteiger partial charge in [-0.3, -0.25) is 4.79 Å². The molecule has 0 radical (unpaired) electrons. The van der Waals surface area contributed by atoms with Crippen LogP contribution in [0.15, 0.2) is 24.3 Å². The zero-order valence-electron chi connectivity index (χ0n) is 14.0. The van der Waals surface area contributed by atoms with E-state index in [-0.39, 0.29) is 17.9 Å². The van der Waals surface area contributed by atoms with Crippen LogP contribution in [0.5, 0.6) is 5.88 Å². The minimum atomic E-state index is -0.984. The maximum Gasteiger partial charge on any atom is 0.335 e. The number of carboxylic acid groups (broad SMARTS) is 1. The molecule has 24 heavy (non-hydrogen) atoms. The first-order chi connectivity index (χ1) is 11.5. The van der Waals surface area contributed by atoms with Gasteiger partial charge in [0.2, 0.25) is 11.8 Å². The minimum absolute atomic E-state index is 0.147. The molecule has 2 rings (SSSR count). The Morgan fingerprint density at radius 2 is 1.96 bits per heavy atom. The normalized spacial score (nSPS) is 10.5. The third kappa shape index (κ3) is 3.92. The number of aryl methyl sites for hydroxylation is 2. The molecule has 7 heteroatoms. The minimum Gasteiger partial charge on any atom is -0.481 e. The number of amides is 1. The summed E-state index contributed by atoms with van der Waals surface area (Å²) in [6.07, 6.45) is 0.934. The van der Waals surface area contributed by atoms with Gasteiger partial charge >= 0.3 is 5.97 Å². The van der Waals surface area contributed by atoms with Crippen molar-refractivity contribution in [2.24, 2.45) is 7.05 Å².